The average Bonchev–Trinajstić information content (AvgIpc) is 2.80. The fourth-order valence-electron chi connectivity index (χ4n) is 3.27. The van der Waals surface area contributed by atoms with Crippen molar-refractivity contribution in [2.24, 2.45) is 33.8 Å². The molecule has 4 unspecified atom stereocenters. The largest absolute Gasteiger partial charge is 0.481 e. The number of unbranched alkanes of at least 4 members (excludes halogenated alkanes) is 1. The first kappa shape index (κ1) is 33.5. The minimum atomic E-state index is -1.29. The van der Waals surface area contributed by atoms with E-state index in [1.807, 2.05) is 0 Å². The number of hydrogen-bond donors (Lipinski definition) is 9. The summed E-state index contributed by atoms with van der Waals surface area (Å²) in [7, 11) is 0. The molecule has 0 saturated carbocycles. The lowest BCUT2D eigenvalue weighted by atomic mass is 10.0. The van der Waals surface area contributed by atoms with E-state index in [0.717, 1.165) is 0 Å². The van der Waals surface area contributed by atoms with Gasteiger partial charge < -0.3 is 49.1 Å². The number of carboxylic acid groups (broad SMARTS) is 2. The van der Waals surface area contributed by atoms with E-state index >= 15 is 0 Å². The number of carbonyl (C=O) groups excluding carboxylic acids is 3. The number of nitrogens with two attached hydrogens (primary N) is 4. The smallest absolute Gasteiger partial charge is 0.326 e. The molecule has 0 aliphatic heterocycles. The second-order valence-electron chi connectivity index (χ2n) is 8.96. The highest BCUT2D eigenvalue weighted by atomic mass is 16.4. The Balaban J connectivity index is 5.49. The highest BCUT2D eigenvalue weighted by molar-refractivity contribution is 5.94. The van der Waals surface area contributed by atoms with Crippen LogP contribution < -0.4 is 38.9 Å². The molecule has 15 heteroatoms. The Morgan fingerprint density at radius 1 is 0.811 bits per heavy atom. The number of nitrogens with one attached hydrogen (secondary N) is 3. The van der Waals surface area contributed by atoms with Gasteiger partial charge in [0.15, 0.2) is 5.96 Å². The van der Waals surface area contributed by atoms with Crippen LogP contribution in [0, 0.1) is 5.92 Å². The Morgan fingerprint density at radius 2 is 1.38 bits per heavy atom. The molecule has 37 heavy (non-hydrogen) atoms. The first-order chi connectivity index (χ1) is 17.3. The fraction of sp³-hybridized carbons (Fsp3) is 0.727. The molecule has 0 aromatic rings. The van der Waals surface area contributed by atoms with Gasteiger partial charge in [0.25, 0.3) is 0 Å². The zero-order valence-corrected chi connectivity index (χ0v) is 21.4. The third-order valence-corrected chi connectivity index (χ3v) is 5.39. The van der Waals surface area contributed by atoms with Gasteiger partial charge in [-0.3, -0.25) is 24.2 Å². The molecule has 212 valence electrons. The Morgan fingerprint density at radius 3 is 1.89 bits per heavy atom. The van der Waals surface area contributed by atoms with E-state index in [2.05, 4.69) is 20.9 Å². The van der Waals surface area contributed by atoms with E-state index in [0.29, 0.717) is 25.8 Å². The zero-order chi connectivity index (χ0) is 28.5. The van der Waals surface area contributed by atoms with E-state index in [-0.39, 0.29) is 31.8 Å². The van der Waals surface area contributed by atoms with Crippen LogP contribution in [0.3, 0.4) is 0 Å². The van der Waals surface area contributed by atoms with Crippen LogP contribution in [0.1, 0.15) is 58.8 Å². The molecule has 4 atom stereocenters. The van der Waals surface area contributed by atoms with E-state index in [1.165, 1.54) is 0 Å². The molecule has 0 aliphatic carbocycles. The third kappa shape index (κ3) is 14.6. The SMILES string of the molecule is CC(C)C(NC(=O)C(CCCCN)NC(=O)C(CCC(=O)O)NC(=O)C(N)CCCN=C(N)N)C(=O)O. The van der Waals surface area contributed by atoms with Crippen molar-refractivity contribution in [1.82, 2.24) is 16.0 Å². The quantitative estimate of drug-likeness (QED) is 0.0480. The van der Waals surface area contributed by atoms with Gasteiger partial charge in [0.05, 0.1) is 6.04 Å². The van der Waals surface area contributed by atoms with Crippen LogP contribution >= 0.6 is 0 Å². The summed E-state index contributed by atoms with van der Waals surface area (Å²) in [5.74, 6) is -5.14. The van der Waals surface area contributed by atoms with Crippen LogP contribution in [-0.2, 0) is 24.0 Å². The maximum absolute atomic E-state index is 13.0. The molecule has 0 bridgehead atoms. The summed E-state index contributed by atoms with van der Waals surface area (Å²) in [6.45, 7) is 3.85. The first-order valence-electron chi connectivity index (χ1n) is 12.2. The molecule has 0 aromatic heterocycles. The molecular weight excluding hydrogens is 488 g/mol. The number of rotatable bonds is 19. The van der Waals surface area contributed by atoms with Crippen molar-refractivity contribution in [2.75, 3.05) is 13.1 Å². The van der Waals surface area contributed by atoms with Crippen molar-refractivity contribution < 1.29 is 34.2 Å². The number of carboxylic acids is 2. The average molecular weight is 531 g/mol. The molecule has 0 aromatic carbocycles. The van der Waals surface area contributed by atoms with E-state index < -0.39 is 66.2 Å². The Bertz CT molecular complexity index is 802. The number of aliphatic imine (C=N–C) groups is 1. The van der Waals surface area contributed by atoms with Gasteiger partial charge in [0.2, 0.25) is 17.7 Å². The van der Waals surface area contributed by atoms with E-state index in [1.54, 1.807) is 13.8 Å². The van der Waals surface area contributed by atoms with E-state index in [9.17, 15) is 29.1 Å². The third-order valence-electron chi connectivity index (χ3n) is 5.39. The van der Waals surface area contributed by atoms with Gasteiger partial charge in [-0.15, -0.1) is 0 Å². The highest BCUT2D eigenvalue weighted by Gasteiger charge is 2.31. The Labute approximate surface area is 216 Å². The van der Waals surface area contributed by atoms with Crippen LogP contribution in [-0.4, -0.2) is 83.1 Å². The van der Waals surface area contributed by atoms with Gasteiger partial charge in [-0.1, -0.05) is 13.8 Å². The summed E-state index contributed by atoms with van der Waals surface area (Å²) in [5.41, 5.74) is 21.9. The molecule has 15 nitrogen and oxygen atoms in total. The lowest BCUT2D eigenvalue weighted by molar-refractivity contribution is -0.143. The maximum Gasteiger partial charge on any atom is 0.326 e. The number of carbonyl (C=O) groups is 5. The number of guanidine groups is 1. The Kier molecular flexibility index (Phi) is 16.2. The number of hydrogen-bond acceptors (Lipinski definition) is 8. The van der Waals surface area contributed by atoms with Crippen molar-refractivity contribution in [3.63, 3.8) is 0 Å². The number of nitrogens with zero attached hydrogens (tertiary/aromatic N) is 1. The van der Waals surface area contributed by atoms with Gasteiger partial charge in [-0.05, 0) is 51.0 Å². The van der Waals surface area contributed by atoms with Crippen LogP contribution in [0.25, 0.3) is 0 Å². The van der Waals surface area contributed by atoms with Crippen LogP contribution in [0.2, 0.25) is 0 Å². The van der Waals surface area contributed by atoms with Crippen molar-refractivity contribution in [3.8, 4) is 0 Å². The fourth-order valence-corrected chi connectivity index (χ4v) is 3.27. The molecule has 0 aliphatic rings. The van der Waals surface area contributed by atoms with Gasteiger partial charge >= 0.3 is 11.9 Å². The number of aliphatic carboxylic acids is 2. The number of amides is 3. The second-order valence-corrected chi connectivity index (χ2v) is 8.96. The molecule has 0 saturated heterocycles. The predicted molar refractivity (Wildman–Crippen MR) is 136 cm³/mol. The highest BCUT2D eigenvalue weighted by Crippen LogP contribution is 2.08. The predicted octanol–water partition coefficient (Wildman–Crippen LogP) is -2.44. The standard InChI is InChI=1S/C22H42N8O7/c1-12(2)17(21(36)37)30-20(35)14(7-3-4-10-23)29-19(34)15(8-9-16(31)32)28-18(33)13(24)6-5-11-27-22(25)26/h12-15,17H,3-11,23-24H2,1-2H3,(H,28,33)(H,29,34)(H,30,35)(H,31,32)(H,36,37)(H4,25,26,27). The van der Waals surface area contributed by atoms with Crippen molar-refractivity contribution in [2.45, 2.75) is 83.0 Å². The normalized spacial score (nSPS) is 14.1. The Hall–Kier alpha value is -3.46. The topological polar surface area (TPSA) is 278 Å². The van der Waals surface area contributed by atoms with Gasteiger partial charge in [-0.2, -0.15) is 0 Å². The monoisotopic (exact) mass is 530 g/mol. The molecule has 0 rings (SSSR count). The molecule has 0 heterocycles. The second kappa shape index (κ2) is 17.9. The van der Waals surface area contributed by atoms with Crippen molar-refractivity contribution in [3.05, 3.63) is 0 Å². The maximum atomic E-state index is 13.0. The van der Waals surface area contributed by atoms with Gasteiger partial charge in [-0.25, -0.2) is 4.79 Å². The summed E-state index contributed by atoms with van der Waals surface area (Å²) in [5, 5.41) is 25.8. The zero-order valence-electron chi connectivity index (χ0n) is 21.4. The van der Waals surface area contributed by atoms with E-state index in [4.69, 9.17) is 28.0 Å². The summed E-state index contributed by atoms with van der Waals surface area (Å²) in [4.78, 5) is 64.8. The van der Waals surface area contributed by atoms with Crippen molar-refractivity contribution in [1.29, 1.82) is 0 Å². The molecule has 13 N–H and O–H groups in total. The minimum Gasteiger partial charge on any atom is -0.481 e. The van der Waals surface area contributed by atoms with Gasteiger partial charge in [0, 0.05) is 13.0 Å². The summed E-state index contributed by atoms with van der Waals surface area (Å²) in [6.07, 6.45) is 1.07. The van der Waals surface area contributed by atoms with Crippen molar-refractivity contribution >= 4 is 35.6 Å². The molecular formula is C22H42N8O7. The molecule has 3 amide bonds. The lowest BCUT2D eigenvalue weighted by Crippen LogP contribution is -2.57. The lowest BCUT2D eigenvalue weighted by Gasteiger charge is -2.26. The first-order valence-corrected chi connectivity index (χ1v) is 12.2. The van der Waals surface area contributed by atoms with Gasteiger partial charge in [0.1, 0.15) is 18.1 Å². The van der Waals surface area contributed by atoms with Crippen LogP contribution in [0.5, 0.6) is 0 Å². The summed E-state index contributed by atoms with van der Waals surface area (Å²) in [6, 6.07) is -4.61. The molecule has 0 radical (unpaired) electrons. The summed E-state index contributed by atoms with van der Waals surface area (Å²) < 4.78 is 0. The minimum absolute atomic E-state index is 0.100. The molecule has 0 fully saturated rings. The molecule has 0 spiro atoms. The summed E-state index contributed by atoms with van der Waals surface area (Å²) >= 11 is 0. The van der Waals surface area contributed by atoms with Crippen LogP contribution in [0.4, 0.5) is 0 Å². The van der Waals surface area contributed by atoms with Crippen LogP contribution in [0.15, 0.2) is 4.99 Å².